The maximum absolute atomic E-state index is 9.42. The minimum absolute atomic E-state index is 0.962. The molecular weight excluding hydrogens is 211 g/mol. The molecule has 0 aromatic rings. The molecule has 0 bridgehead atoms. The van der Waals surface area contributed by atoms with E-state index >= 15 is 0 Å². The molecule has 0 N–H and O–H groups in total. The Morgan fingerprint density at radius 1 is 2.00 bits per heavy atom. The third kappa shape index (κ3) is 4.87. The predicted octanol–water partition coefficient (Wildman–Crippen LogP) is -0.536. The molecular formula is CH3O3SSn-. The molecule has 0 saturated carbocycles. The normalized spacial score (nSPS) is 14.3. The topological polar surface area (TPSA) is 49.4 Å². The van der Waals surface area contributed by atoms with E-state index in [2.05, 4.69) is 2.52 Å². The van der Waals surface area contributed by atoms with Crippen molar-refractivity contribution in [2.24, 2.45) is 0 Å². The molecule has 0 amide bonds. The Labute approximate surface area is 49.3 Å². The molecule has 0 aliphatic carbocycles. The zero-order valence-corrected chi connectivity index (χ0v) is 6.80. The van der Waals surface area contributed by atoms with Crippen molar-refractivity contribution in [2.45, 2.75) is 4.94 Å². The van der Waals surface area contributed by atoms with E-state index in [1.54, 1.807) is 4.94 Å². The van der Waals surface area contributed by atoms with Crippen molar-refractivity contribution in [3.05, 3.63) is 0 Å². The summed E-state index contributed by atoms with van der Waals surface area (Å²) in [5.74, 6) is 0. The molecule has 0 aromatic heterocycles. The van der Waals surface area contributed by atoms with Gasteiger partial charge in [-0.1, -0.05) is 0 Å². The summed E-state index contributed by atoms with van der Waals surface area (Å²) < 4.78 is 23.0. The van der Waals surface area contributed by atoms with Gasteiger partial charge in [-0.15, -0.1) is 0 Å². The Morgan fingerprint density at radius 2 is 2.50 bits per heavy atom. The van der Waals surface area contributed by atoms with Gasteiger partial charge < -0.3 is 0 Å². The summed E-state index contributed by atoms with van der Waals surface area (Å²) in [5, 5.41) is 0. The average molecular weight is 214 g/mol. The van der Waals surface area contributed by atoms with Crippen LogP contribution in [-0.2, 0) is 13.9 Å². The first-order valence-electron chi connectivity index (χ1n) is 1.20. The zero-order valence-electron chi connectivity index (χ0n) is 3.13. The Morgan fingerprint density at radius 3 is 2.50 bits per heavy atom. The number of hydrogen-bond acceptors (Lipinski definition) is 3. The van der Waals surface area contributed by atoms with E-state index in [9.17, 15) is 8.76 Å². The molecule has 0 rings (SSSR count). The summed E-state index contributed by atoms with van der Waals surface area (Å²) in [6, 6.07) is 0. The van der Waals surface area contributed by atoms with Gasteiger partial charge in [0, 0.05) is 0 Å². The molecule has 0 fully saturated rings. The molecule has 3 nitrogen and oxygen atoms in total. The molecule has 0 heterocycles. The van der Waals surface area contributed by atoms with Crippen LogP contribution in [0.15, 0.2) is 0 Å². The fraction of sp³-hybridized carbons (Fsp3) is 1.00. The molecule has 0 spiro atoms. The van der Waals surface area contributed by atoms with Crippen LogP contribution in [0.4, 0.5) is 0 Å². The predicted molar refractivity (Wildman–Crippen MR) is 21.6 cm³/mol. The second kappa shape index (κ2) is 4.04. The second-order valence-corrected chi connectivity index (χ2v) is 3.66. The van der Waals surface area contributed by atoms with Gasteiger partial charge in [0.1, 0.15) is 0 Å². The van der Waals surface area contributed by atoms with E-state index in [0.29, 0.717) is 0 Å². The molecule has 0 aliphatic heterocycles. The van der Waals surface area contributed by atoms with E-state index < -0.39 is 32.9 Å². The second-order valence-electron chi connectivity index (χ2n) is 0.492. The molecule has 0 aliphatic rings. The van der Waals surface area contributed by atoms with Crippen LogP contribution >= 0.6 is 0 Å². The van der Waals surface area contributed by atoms with Gasteiger partial charge in [0.15, 0.2) is 0 Å². The van der Waals surface area contributed by atoms with Crippen molar-refractivity contribution in [2.75, 3.05) is 0 Å². The summed E-state index contributed by atoms with van der Waals surface area (Å²) in [6.07, 6.45) is 0. The molecule has 2 radical (unpaired) electrons. The van der Waals surface area contributed by atoms with Crippen molar-refractivity contribution in [3.63, 3.8) is 0 Å². The van der Waals surface area contributed by atoms with E-state index in [1.165, 1.54) is 0 Å². The van der Waals surface area contributed by atoms with Crippen LogP contribution in [0.3, 0.4) is 0 Å². The van der Waals surface area contributed by atoms with Gasteiger partial charge in [-0.3, -0.25) is 0 Å². The van der Waals surface area contributed by atoms with Gasteiger partial charge >= 0.3 is 49.1 Å². The van der Waals surface area contributed by atoms with Crippen LogP contribution in [0.1, 0.15) is 0 Å². The van der Waals surface area contributed by atoms with Crippen LogP contribution < -0.4 is 0 Å². The van der Waals surface area contributed by atoms with Gasteiger partial charge in [-0.2, -0.15) is 0 Å². The Hall–Kier alpha value is 0.869. The monoisotopic (exact) mass is 215 g/mol. The number of rotatable bonds is 2. The van der Waals surface area contributed by atoms with E-state index in [0.717, 1.165) is 0 Å². The average Bonchev–Trinajstić information content (AvgIpc) is 1.35. The van der Waals surface area contributed by atoms with Gasteiger partial charge in [-0.25, -0.2) is 0 Å². The Balaban J connectivity index is 2.83. The van der Waals surface area contributed by atoms with Crippen molar-refractivity contribution in [1.82, 2.24) is 0 Å². The summed E-state index contributed by atoms with van der Waals surface area (Å²) in [4.78, 5) is 1.78. The molecule has 6 heavy (non-hydrogen) atoms. The van der Waals surface area contributed by atoms with Gasteiger partial charge in [0.2, 0.25) is 0 Å². The Kier molecular flexibility index (Phi) is 4.62. The summed E-state index contributed by atoms with van der Waals surface area (Å²) in [5.41, 5.74) is 0. The summed E-state index contributed by atoms with van der Waals surface area (Å²) in [7, 11) is 0. The van der Waals surface area contributed by atoms with Gasteiger partial charge in [0.25, 0.3) is 0 Å². The molecule has 1 atom stereocenters. The van der Waals surface area contributed by atoms with Crippen molar-refractivity contribution >= 4 is 32.9 Å². The molecule has 0 saturated heterocycles. The molecule has 1 unspecified atom stereocenters. The third-order valence-electron chi connectivity index (χ3n) is 0.151. The fourth-order valence-electron chi connectivity index (χ4n) is 0.0680. The minimum atomic E-state index is -2.24. The number of hydrogen-bond donors (Lipinski definition) is 0. The van der Waals surface area contributed by atoms with E-state index in [4.69, 9.17) is 0 Å². The molecule has 0 aromatic carbocycles. The first-order chi connectivity index (χ1) is 2.77. The zero-order chi connectivity index (χ0) is 4.99. The van der Waals surface area contributed by atoms with Crippen molar-refractivity contribution in [1.29, 1.82) is 0 Å². The van der Waals surface area contributed by atoms with E-state index in [1.807, 2.05) is 0 Å². The SMILES string of the molecule is [CH3][Sn][O]S(=O)[O-]. The van der Waals surface area contributed by atoms with E-state index in [-0.39, 0.29) is 0 Å². The maximum atomic E-state index is 9.42. The quantitative estimate of drug-likeness (QED) is 0.458. The van der Waals surface area contributed by atoms with Crippen LogP contribution in [0, 0.1) is 0 Å². The molecule has 5 heteroatoms. The summed E-state index contributed by atoms with van der Waals surface area (Å²) >= 11 is -3.20. The third-order valence-corrected chi connectivity index (χ3v) is 3.05. The van der Waals surface area contributed by atoms with Crippen LogP contribution in [0.25, 0.3) is 0 Å². The summed E-state index contributed by atoms with van der Waals surface area (Å²) in [6.45, 7) is 0. The van der Waals surface area contributed by atoms with Crippen LogP contribution in [0.2, 0.25) is 4.94 Å². The van der Waals surface area contributed by atoms with Gasteiger partial charge in [0.05, 0.1) is 0 Å². The van der Waals surface area contributed by atoms with Crippen LogP contribution in [-0.4, -0.2) is 30.3 Å². The van der Waals surface area contributed by atoms with Gasteiger partial charge in [-0.05, 0) is 0 Å². The van der Waals surface area contributed by atoms with Crippen molar-refractivity contribution < 1.29 is 11.3 Å². The Bertz CT molecular complexity index is 54.8. The molecule has 36 valence electrons. The first kappa shape index (κ1) is 6.87. The first-order valence-corrected chi connectivity index (χ1v) is 6.22. The standard InChI is InChI=1S/CH3.H2O3S.Sn/c;1-4(2)3;/h1H3;(H2,1,2,3);/q;;+1/p-2. The fourth-order valence-corrected chi connectivity index (χ4v) is 1.37. The van der Waals surface area contributed by atoms with Crippen LogP contribution in [0.5, 0.6) is 0 Å². The van der Waals surface area contributed by atoms with Crippen molar-refractivity contribution in [3.8, 4) is 0 Å².